The Kier molecular flexibility index (Phi) is 8.97. The second kappa shape index (κ2) is 9.86. The highest BCUT2D eigenvalue weighted by atomic mass is 16.6. The maximum atomic E-state index is 11.9. The number of aliphatic hydroxyl groups excluding tert-OH is 1. The van der Waals surface area contributed by atoms with E-state index in [2.05, 4.69) is 16.0 Å². The fourth-order valence-corrected chi connectivity index (χ4v) is 1.60. The Hall–Kier alpha value is -2.16. The number of amides is 3. The highest BCUT2D eigenvalue weighted by Crippen LogP contribution is 2.08. The summed E-state index contributed by atoms with van der Waals surface area (Å²) >= 11 is 0. The van der Waals surface area contributed by atoms with Gasteiger partial charge in [-0.05, 0) is 34.1 Å². The van der Waals surface area contributed by atoms with Crippen LogP contribution >= 0.6 is 0 Å². The van der Waals surface area contributed by atoms with Crippen LogP contribution in [0.2, 0.25) is 0 Å². The number of hydrogen-bond donors (Lipinski definition) is 4. The number of alkyl carbamates (subject to hydrolysis) is 1. The molecule has 0 aliphatic heterocycles. The number of hydrogen-bond acceptors (Lipinski definition) is 6. The Morgan fingerprint density at radius 2 is 1.67 bits per heavy atom. The van der Waals surface area contributed by atoms with Crippen molar-refractivity contribution in [1.82, 2.24) is 16.0 Å². The Bertz CT molecular complexity index is 472. The van der Waals surface area contributed by atoms with Crippen molar-refractivity contribution in [2.24, 2.45) is 0 Å². The van der Waals surface area contributed by atoms with Gasteiger partial charge in [0.15, 0.2) is 6.10 Å². The van der Waals surface area contributed by atoms with E-state index in [4.69, 9.17) is 4.74 Å². The molecule has 2 unspecified atom stereocenters. The average molecular weight is 345 g/mol. The number of carbonyl (C=O) groups excluding carboxylic acids is 4. The number of Topliss-reactive ketones (excluding diaryl/α,β-unsaturated/α-hetero) is 1. The number of aliphatic hydroxyl groups is 1. The molecule has 0 heterocycles. The first-order valence-electron chi connectivity index (χ1n) is 7.67. The Labute approximate surface area is 141 Å². The summed E-state index contributed by atoms with van der Waals surface area (Å²) in [5.41, 5.74) is -0.704. The standard InChI is InChI=1S/C15H27N3O6/c1-6-10(18-14(23)24-15(3,4)5)12(21)13(22)17-8-11(20)16-7-9(2)19/h10,12,21H,6-8H2,1-5H3,(H,16,20)(H,17,22)(H,18,23). The van der Waals surface area contributed by atoms with Crippen molar-refractivity contribution in [3.8, 4) is 0 Å². The predicted octanol–water partition coefficient (Wildman–Crippen LogP) is -0.528. The Morgan fingerprint density at radius 3 is 2.12 bits per heavy atom. The summed E-state index contributed by atoms with van der Waals surface area (Å²) in [5, 5.41) is 16.9. The molecular formula is C15H27N3O6. The smallest absolute Gasteiger partial charge is 0.407 e. The first-order chi connectivity index (χ1) is 11.0. The molecule has 0 saturated carbocycles. The SMILES string of the molecule is CCC(NC(=O)OC(C)(C)C)C(O)C(=O)NCC(=O)NCC(C)=O. The van der Waals surface area contributed by atoms with Gasteiger partial charge in [0.05, 0.1) is 19.1 Å². The van der Waals surface area contributed by atoms with Gasteiger partial charge in [-0.3, -0.25) is 14.4 Å². The molecular weight excluding hydrogens is 318 g/mol. The van der Waals surface area contributed by atoms with Crippen LogP contribution in [0.1, 0.15) is 41.0 Å². The van der Waals surface area contributed by atoms with E-state index in [-0.39, 0.29) is 25.3 Å². The molecule has 9 nitrogen and oxygen atoms in total. The summed E-state index contributed by atoms with van der Waals surface area (Å²) in [6, 6.07) is -0.861. The van der Waals surface area contributed by atoms with Crippen molar-refractivity contribution in [3.63, 3.8) is 0 Å². The van der Waals surface area contributed by atoms with Crippen molar-refractivity contribution in [2.75, 3.05) is 13.1 Å². The van der Waals surface area contributed by atoms with Gasteiger partial charge in [0.2, 0.25) is 5.91 Å². The molecule has 0 aromatic rings. The van der Waals surface area contributed by atoms with Crippen molar-refractivity contribution in [3.05, 3.63) is 0 Å². The fourth-order valence-electron chi connectivity index (χ4n) is 1.60. The van der Waals surface area contributed by atoms with Crippen LogP contribution < -0.4 is 16.0 Å². The van der Waals surface area contributed by atoms with E-state index in [0.717, 1.165) is 0 Å². The molecule has 0 radical (unpaired) electrons. The molecule has 2 atom stereocenters. The molecule has 0 rings (SSSR count). The summed E-state index contributed by atoms with van der Waals surface area (Å²) in [7, 11) is 0. The van der Waals surface area contributed by atoms with Gasteiger partial charge in [-0.2, -0.15) is 0 Å². The van der Waals surface area contributed by atoms with Crippen molar-refractivity contribution >= 4 is 23.7 Å². The molecule has 0 fully saturated rings. The number of ether oxygens (including phenoxy) is 1. The van der Waals surface area contributed by atoms with E-state index < -0.39 is 35.7 Å². The predicted molar refractivity (Wildman–Crippen MR) is 86.2 cm³/mol. The van der Waals surface area contributed by atoms with Crippen LogP contribution in [0.15, 0.2) is 0 Å². The van der Waals surface area contributed by atoms with Gasteiger partial charge in [-0.15, -0.1) is 0 Å². The van der Waals surface area contributed by atoms with Crippen molar-refractivity contribution in [2.45, 2.75) is 58.8 Å². The first-order valence-corrected chi connectivity index (χ1v) is 7.67. The van der Waals surface area contributed by atoms with Crippen LogP contribution in [0.25, 0.3) is 0 Å². The van der Waals surface area contributed by atoms with E-state index in [1.165, 1.54) is 6.92 Å². The van der Waals surface area contributed by atoms with E-state index in [9.17, 15) is 24.3 Å². The van der Waals surface area contributed by atoms with Gasteiger partial charge >= 0.3 is 6.09 Å². The molecule has 4 N–H and O–H groups in total. The topological polar surface area (TPSA) is 134 Å². The maximum Gasteiger partial charge on any atom is 0.407 e. The molecule has 0 aliphatic rings. The first kappa shape index (κ1) is 21.8. The lowest BCUT2D eigenvalue weighted by Crippen LogP contribution is -2.52. The van der Waals surface area contributed by atoms with E-state index in [0.29, 0.717) is 0 Å². The number of carbonyl (C=O) groups is 4. The third-order valence-corrected chi connectivity index (χ3v) is 2.75. The van der Waals surface area contributed by atoms with E-state index in [1.807, 2.05) is 0 Å². The minimum absolute atomic E-state index is 0.130. The van der Waals surface area contributed by atoms with Gasteiger partial charge < -0.3 is 25.8 Å². The van der Waals surface area contributed by atoms with Crippen LogP contribution in [0.3, 0.4) is 0 Å². The molecule has 3 amide bonds. The van der Waals surface area contributed by atoms with E-state index in [1.54, 1.807) is 27.7 Å². The van der Waals surface area contributed by atoms with Crippen LogP contribution in [0.4, 0.5) is 4.79 Å². The van der Waals surface area contributed by atoms with Crippen molar-refractivity contribution < 1.29 is 29.0 Å². The van der Waals surface area contributed by atoms with Gasteiger partial charge in [-0.25, -0.2) is 4.79 Å². The average Bonchev–Trinajstić information content (AvgIpc) is 2.45. The molecule has 0 aliphatic carbocycles. The molecule has 0 bridgehead atoms. The normalized spacial score (nSPS) is 13.4. The third-order valence-electron chi connectivity index (χ3n) is 2.75. The number of ketones is 1. The summed E-state index contributed by atoms with van der Waals surface area (Å²) in [5.74, 6) is -1.59. The zero-order chi connectivity index (χ0) is 18.9. The van der Waals surface area contributed by atoms with Crippen LogP contribution in [-0.2, 0) is 19.1 Å². The van der Waals surface area contributed by atoms with Crippen molar-refractivity contribution in [1.29, 1.82) is 0 Å². The lowest BCUT2D eigenvalue weighted by molar-refractivity contribution is -0.133. The molecule has 0 aromatic heterocycles. The highest BCUT2D eigenvalue weighted by Gasteiger charge is 2.28. The second-order valence-corrected chi connectivity index (χ2v) is 6.30. The molecule has 138 valence electrons. The van der Waals surface area contributed by atoms with Gasteiger partial charge in [0.1, 0.15) is 11.4 Å². The van der Waals surface area contributed by atoms with Crippen LogP contribution in [0, 0.1) is 0 Å². The number of nitrogens with one attached hydrogen (secondary N) is 3. The fraction of sp³-hybridized carbons (Fsp3) is 0.733. The van der Waals surface area contributed by atoms with Gasteiger partial charge in [-0.1, -0.05) is 6.92 Å². The summed E-state index contributed by atoms with van der Waals surface area (Å²) in [6.45, 7) is 7.55. The van der Waals surface area contributed by atoms with Gasteiger partial charge in [0.25, 0.3) is 5.91 Å². The van der Waals surface area contributed by atoms with Crippen LogP contribution in [-0.4, -0.2) is 59.6 Å². The quantitative estimate of drug-likeness (QED) is 0.467. The maximum absolute atomic E-state index is 11.9. The second-order valence-electron chi connectivity index (χ2n) is 6.30. The third kappa shape index (κ3) is 9.78. The largest absolute Gasteiger partial charge is 0.444 e. The summed E-state index contributed by atoms with van der Waals surface area (Å²) < 4.78 is 5.06. The lowest BCUT2D eigenvalue weighted by atomic mass is 10.1. The lowest BCUT2D eigenvalue weighted by Gasteiger charge is -2.25. The molecule has 24 heavy (non-hydrogen) atoms. The molecule has 0 aromatic carbocycles. The van der Waals surface area contributed by atoms with Crippen LogP contribution in [0.5, 0.6) is 0 Å². The monoisotopic (exact) mass is 345 g/mol. The van der Waals surface area contributed by atoms with Gasteiger partial charge in [0, 0.05) is 0 Å². The Morgan fingerprint density at radius 1 is 1.08 bits per heavy atom. The Balaban J connectivity index is 4.43. The minimum atomic E-state index is -1.54. The zero-order valence-corrected chi connectivity index (χ0v) is 14.8. The summed E-state index contributed by atoms with van der Waals surface area (Å²) in [6.07, 6.45) is -2.01. The molecule has 9 heteroatoms. The number of rotatable bonds is 8. The zero-order valence-electron chi connectivity index (χ0n) is 14.8. The molecule has 0 spiro atoms. The molecule has 0 saturated heterocycles. The highest BCUT2D eigenvalue weighted by molar-refractivity contribution is 5.89. The minimum Gasteiger partial charge on any atom is -0.444 e. The van der Waals surface area contributed by atoms with E-state index >= 15 is 0 Å². The summed E-state index contributed by atoms with van der Waals surface area (Å²) in [4.78, 5) is 45.7.